The van der Waals surface area contributed by atoms with Gasteiger partial charge in [0, 0.05) is 11.1 Å². The molecule has 0 saturated heterocycles. The van der Waals surface area contributed by atoms with Crippen LogP contribution in [0, 0.1) is 11.6 Å². The minimum atomic E-state index is -0.607. The van der Waals surface area contributed by atoms with Gasteiger partial charge in [0.15, 0.2) is 5.70 Å². The van der Waals surface area contributed by atoms with Gasteiger partial charge >= 0.3 is 5.97 Å². The highest BCUT2D eigenvalue weighted by atomic mass is 19.1. The Morgan fingerprint density at radius 1 is 0.966 bits per heavy atom. The summed E-state index contributed by atoms with van der Waals surface area (Å²) in [6.45, 7) is 0.112. The molecule has 4 nitrogen and oxygen atoms in total. The highest BCUT2D eigenvalue weighted by Crippen LogP contribution is 2.21. The Morgan fingerprint density at radius 2 is 1.76 bits per heavy atom. The molecular formula is C23H15F2NO3. The number of aliphatic imine (C=N–C) groups is 1. The molecule has 3 aromatic carbocycles. The lowest BCUT2D eigenvalue weighted by Gasteiger charge is -2.07. The zero-order chi connectivity index (χ0) is 20.2. The van der Waals surface area contributed by atoms with Gasteiger partial charge in [0.1, 0.15) is 24.0 Å². The van der Waals surface area contributed by atoms with Gasteiger partial charge in [-0.25, -0.2) is 18.6 Å². The van der Waals surface area contributed by atoms with Crippen LogP contribution in [0.2, 0.25) is 0 Å². The standard InChI is InChI=1S/C23H15F2NO3/c24-18-6-3-5-16(13-18)22-26-21(23(27)29-22)12-15-8-10-19(11-9-15)28-14-17-4-1-2-7-20(17)25/h1-13H,14H2/b21-12+. The van der Waals surface area contributed by atoms with Gasteiger partial charge in [0.05, 0.1) is 0 Å². The Hall–Kier alpha value is -3.80. The first-order valence-corrected chi connectivity index (χ1v) is 8.83. The highest BCUT2D eigenvalue weighted by molar-refractivity contribution is 6.12. The molecule has 0 amide bonds. The van der Waals surface area contributed by atoms with E-state index < -0.39 is 11.8 Å². The molecule has 0 radical (unpaired) electrons. The molecule has 1 aliphatic heterocycles. The first-order chi connectivity index (χ1) is 14.1. The Labute approximate surface area is 165 Å². The van der Waals surface area contributed by atoms with Gasteiger partial charge in [-0.05, 0) is 48.0 Å². The summed E-state index contributed by atoms with van der Waals surface area (Å²) in [5, 5.41) is 0. The maximum Gasteiger partial charge on any atom is 0.363 e. The van der Waals surface area contributed by atoms with Crippen LogP contribution in [0.5, 0.6) is 5.75 Å². The molecule has 4 rings (SSSR count). The molecule has 29 heavy (non-hydrogen) atoms. The van der Waals surface area contributed by atoms with E-state index in [2.05, 4.69) is 4.99 Å². The van der Waals surface area contributed by atoms with E-state index in [1.807, 2.05) is 0 Å². The van der Waals surface area contributed by atoms with Crippen molar-refractivity contribution in [2.45, 2.75) is 6.61 Å². The second kappa shape index (κ2) is 8.06. The summed E-state index contributed by atoms with van der Waals surface area (Å²) in [6, 6.07) is 19.0. The fraction of sp³-hybridized carbons (Fsp3) is 0.0435. The van der Waals surface area contributed by atoms with E-state index >= 15 is 0 Å². The number of ether oxygens (including phenoxy) is 2. The number of nitrogens with zero attached hydrogens (tertiary/aromatic N) is 1. The maximum atomic E-state index is 13.6. The molecular weight excluding hydrogens is 376 g/mol. The fourth-order valence-electron chi connectivity index (χ4n) is 2.75. The van der Waals surface area contributed by atoms with Crippen LogP contribution in [-0.4, -0.2) is 11.9 Å². The van der Waals surface area contributed by atoms with Crippen molar-refractivity contribution in [3.63, 3.8) is 0 Å². The van der Waals surface area contributed by atoms with Gasteiger partial charge in [-0.15, -0.1) is 0 Å². The summed E-state index contributed by atoms with van der Waals surface area (Å²) in [5.74, 6) is -0.742. The van der Waals surface area contributed by atoms with E-state index in [0.29, 0.717) is 22.4 Å². The topological polar surface area (TPSA) is 47.9 Å². The van der Waals surface area contributed by atoms with Crippen LogP contribution in [0.3, 0.4) is 0 Å². The molecule has 3 aromatic rings. The van der Waals surface area contributed by atoms with Crippen LogP contribution in [0.25, 0.3) is 6.08 Å². The summed E-state index contributed by atoms with van der Waals surface area (Å²) < 4.78 is 37.7. The van der Waals surface area contributed by atoms with Crippen LogP contribution < -0.4 is 4.74 Å². The van der Waals surface area contributed by atoms with Crippen molar-refractivity contribution < 1.29 is 23.0 Å². The van der Waals surface area contributed by atoms with Crippen LogP contribution >= 0.6 is 0 Å². The Kier molecular flexibility index (Phi) is 5.16. The number of halogens is 2. The smallest absolute Gasteiger partial charge is 0.363 e. The van der Waals surface area contributed by atoms with Crippen molar-refractivity contribution in [1.82, 2.24) is 0 Å². The van der Waals surface area contributed by atoms with Gasteiger partial charge in [-0.2, -0.15) is 0 Å². The molecule has 144 valence electrons. The molecule has 0 aromatic heterocycles. The van der Waals surface area contributed by atoms with Crippen LogP contribution in [-0.2, 0) is 16.1 Å². The fourth-order valence-corrected chi connectivity index (χ4v) is 2.75. The van der Waals surface area contributed by atoms with E-state index in [0.717, 1.165) is 0 Å². The van der Waals surface area contributed by atoms with Gasteiger partial charge in [-0.1, -0.05) is 36.4 Å². The van der Waals surface area contributed by atoms with Crippen molar-refractivity contribution in [3.05, 3.63) is 107 Å². The van der Waals surface area contributed by atoms with Crippen molar-refractivity contribution >= 4 is 17.9 Å². The summed E-state index contributed by atoms with van der Waals surface area (Å²) >= 11 is 0. The van der Waals surface area contributed by atoms with Crippen molar-refractivity contribution in [2.24, 2.45) is 4.99 Å². The van der Waals surface area contributed by atoms with E-state index in [4.69, 9.17) is 9.47 Å². The molecule has 0 atom stereocenters. The van der Waals surface area contributed by atoms with Gasteiger partial charge < -0.3 is 9.47 Å². The molecule has 6 heteroatoms. The predicted molar refractivity (Wildman–Crippen MR) is 104 cm³/mol. The third-order valence-electron chi connectivity index (χ3n) is 4.23. The number of esters is 1. The van der Waals surface area contributed by atoms with Crippen LogP contribution in [0.1, 0.15) is 16.7 Å². The summed E-state index contributed by atoms with van der Waals surface area (Å²) in [7, 11) is 0. The van der Waals surface area contributed by atoms with E-state index in [-0.39, 0.29) is 24.0 Å². The monoisotopic (exact) mass is 391 g/mol. The lowest BCUT2D eigenvalue weighted by molar-refractivity contribution is -0.129. The normalized spacial score (nSPS) is 14.6. The average molecular weight is 391 g/mol. The van der Waals surface area contributed by atoms with Crippen LogP contribution in [0.15, 0.2) is 83.5 Å². The largest absolute Gasteiger partial charge is 0.489 e. The summed E-state index contributed by atoms with van der Waals surface area (Å²) in [4.78, 5) is 16.2. The molecule has 0 aliphatic carbocycles. The molecule has 0 spiro atoms. The van der Waals surface area contributed by atoms with Gasteiger partial charge in [0.25, 0.3) is 0 Å². The first kappa shape index (κ1) is 18.6. The first-order valence-electron chi connectivity index (χ1n) is 8.83. The molecule has 0 unspecified atom stereocenters. The number of carbonyl (C=O) groups excluding carboxylic acids is 1. The van der Waals surface area contributed by atoms with Crippen molar-refractivity contribution in [3.8, 4) is 5.75 Å². The minimum absolute atomic E-state index is 0.0607. The Morgan fingerprint density at radius 3 is 2.52 bits per heavy atom. The number of hydrogen-bond donors (Lipinski definition) is 0. The predicted octanol–water partition coefficient (Wildman–Crippen LogP) is 4.89. The quantitative estimate of drug-likeness (QED) is 0.460. The Bertz CT molecular complexity index is 1120. The second-order valence-electron chi connectivity index (χ2n) is 6.30. The van der Waals surface area contributed by atoms with E-state index in [1.54, 1.807) is 54.6 Å². The summed E-state index contributed by atoms with van der Waals surface area (Å²) in [5.41, 5.74) is 1.67. The number of cyclic esters (lactones) is 1. The highest BCUT2D eigenvalue weighted by Gasteiger charge is 2.24. The molecule has 0 fully saturated rings. The second-order valence-corrected chi connectivity index (χ2v) is 6.30. The molecule has 1 heterocycles. The zero-order valence-electron chi connectivity index (χ0n) is 15.1. The van der Waals surface area contributed by atoms with Crippen molar-refractivity contribution in [2.75, 3.05) is 0 Å². The van der Waals surface area contributed by atoms with Gasteiger partial charge in [-0.3, -0.25) is 0 Å². The van der Waals surface area contributed by atoms with E-state index in [1.165, 1.54) is 24.3 Å². The van der Waals surface area contributed by atoms with Gasteiger partial charge in [0.2, 0.25) is 5.90 Å². The number of benzene rings is 3. The van der Waals surface area contributed by atoms with Crippen molar-refractivity contribution in [1.29, 1.82) is 0 Å². The average Bonchev–Trinajstić information content (AvgIpc) is 3.09. The molecule has 0 saturated carbocycles. The number of carbonyl (C=O) groups is 1. The molecule has 0 bridgehead atoms. The third-order valence-corrected chi connectivity index (χ3v) is 4.23. The maximum absolute atomic E-state index is 13.6. The minimum Gasteiger partial charge on any atom is -0.489 e. The zero-order valence-corrected chi connectivity index (χ0v) is 15.1. The Balaban J connectivity index is 1.47. The summed E-state index contributed by atoms with van der Waals surface area (Å²) in [6.07, 6.45) is 1.56. The van der Waals surface area contributed by atoms with E-state index in [9.17, 15) is 13.6 Å². The molecule has 0 N–H and O–H groups in total. The molecule has 1 aliphatic rings. The van der Waals surface area contributed by atoms with Crippen LogP contribution in [0.4, 0.5) is 8.78 Å². The SMILES string of the molecule is O=C1OC(c2cccc(F)c2)=N/C1=C/c1ccc(OCc2ccccc2F)cc1. The lowest BCUT2D eigenvalue weighted by atomic mass is 10.2. The third kappa shape index (κ3) is 4.38. The number of hydrogen-bond acceptors (Lipinski definition) is 4. The number of rotatable bonds is 5. The lowest BCUT2D eigenvalue weighted by Crippen LogP contribution is -2.05.